The van der Waals surface area contributed by atoms with Crippen LogP contribution in [0.2, 0.25) is 0 Å². The number of likely N-dealkylation sites (N-methyl/N-ethyl adjacent to an activating group) is 1. The molecule has 0 radical (unpaired) electrons. The van der Waals surface area contributed by atoms with Crippen molar-refractivity contribution >= 4 is 27.1 Å². The lowest BCUT2D eigenvalue weighted by Gasteiger charge is -2.30. The van der Waals surface area contributed by atoms with Crippen LogP contribution in [0.1, 0.15) is 31.6 Å². The van der Waals surface area contributed by atoms with Crippen molar-refractivity contribution in [1.29, 1.82) is 0 Å². The maximum atomic E-state index is 12.8. The smallest absolute Gasteiger partial charge is 0.237 e. The van der Waals surface area contributed by atoms with Gasteiger partial charge < -0.3 is 4.90 Å². The molecule has 136 valence electrons. The van der Waals surface area contributed by atoms with E-state index >= 15 is 0 Å². The number of carbonyl (C=O) groups excluding carboxylic acids is 1. The van der Waals surface area contributed by atoms with Crippen molar-refractivity contribution in [3.63, 3.8) is 0 Å². The van der Waals surface area contributed by atoms with E-state index in [1.165, 1.54) is 0 Å². The van der Waals surface area contributed by atoms with Crippen LogP contribution in [-0.4, -0.2) is 61.8 Å². The molecule has 0 saturated carbocycles. The number of rotatable bonds is 8. The summed E-state index contributed by atoms with van der Waals surface area (Å²) in [5.74, 6) is 0.913. The van der Waals surface area contributed by atoms with Crippen LogP contribution in [0, 0.1) is 5.92 Å². The minimum absolute atomic E-state index is 0.0248. The Balaban J connectivity index is 2.03. The van der Waals surface area contributed by atoms with Crippen LogP contribution in [0.4, 0.5) is 0 Å². The number of amides is 1. The summed E-state index contributed by atoms with van der Waals surface area (Å²) >= 11 is 1.60. The van der Waals surface area contributed by atoms with E-state index in [1.54, 1.807) is 16.2 Å². The lowest BCUT2D eigenvalue weighted by Crippen LogP contribution is -2.45. The van der Waals surface area contributed by atoms with Crippen LogP contribution >= 0.6 is 11.3 Å². The van der Waals surface area contributed by atoms with Crippen LogP contribution in [0.15, 0.2) is 17.5 Å². The minimum Gasteiger partial charge on any atom is -0.332 e. The summed E-state index contributed by atoms with van der Waals surface area (Å²) in [6.07, 6.45) is 1.60. The third-order valence-corrected chi connectivity index (χ3v) is 6.98. The second-order valence-electron chi connectivity index (χ2n) is 7.08. The van der Waals surface area contributed by atoms with Crippen molar-refractivity contribution in [2.45, 2.75) is 39.3 Å². The molecule has 1 amide bonds. The highest BCUT2D eigenvalue weighted by Crippen LogP contribution is 2.22. The highest BCUT2D eigenvalue weighted by atomic mass is 32.2. The van der Waals surface area contributed by atoms with Gasteiger partial charge in [0.25, 0.3) is 0 Å². The number of sulfone groups is 1. The maximum Gasteiger partial charge on any atom is 0.237 e. The van der Waals surface area contributed by atoms with Gasteiger partial charge in [0.15, 0.2) is 9.84 Å². The Morgan fingerprint density at radius 3 is 2.71 bits per heavy atom. The van der Waals surface area contributed by atoms with E-state index < -0.39 is 9.84 Å². The highest BCUT2D eigenvalue weighted by molar-refractivity contribution is 7.91. The van der Waals surface area contributed by atoms with Gasteiger partial charge in [-0.15, -0.1) is 11.3 Å². The molecule has 1 fully saturated rings. The number of nitrogens with zero attached hydrogens (tertiary/aromatic N) is 2. The van der Waals surface area contributed by atoms with Crippen molar-refractivity contribution in [3.05, 3.63) is 22.4 Å². The molecule has 1 saturated heterocycles. The van der Waals surface area contributed by atoms with E-state index in [2.05, 4.69) is 13.8 Å². The molecule has 1 aromatic rings. The molecule has 1 aliphatic heterocycles. The molecule has 0 bridgehead atoms. The van der Waals surface area contributed by atoms with Gasteiger partial charge in [-0.05, 0) is 43.8 Å². The molecule has 7 heteroatoms. The monoisotopic (exact) mass is 372 g/mol. The van der Waals surface area contributed by atoms with Crippen LogP contribution in [-0.2, 0) is 21.2 Å². The van der Waals surface area contributed by atoms with Crippen molar-refractivity contribution in [1.82, 2.24) is 9.80 Å². The van der Waals surface area contributed by atoms with Gasteiger partial charge in [-0.2, -0.15) is 0 Å². The summed E-state index contributed by atoms with van der Waals surface area (Å²) in [4.78, 5) is 17.7. The molecule has 0 N–H and O–H groups in total. The molecular formula is C17H28N2O3S2. The lowest BCUT2D eigenvalue weighted by molar-refractivity contribution is -0.134. The van der Waals surface area contributed by atoms with E-state index in [9.17, 15) is 13.2 Å². The van der Waals surface area contributed by atoms with E-state index in [0.29, 0.717) is 25.4 Å². The summed E-state index contributed by atoms with van der Waals surface area (Å²) in [7, 11) is -1.05. The van der Waals surface area contributed by atoms with E-state index in [4.69, 9.17) is 0 Å². The Labute approximate surface area is 149 Å². The normalized spacial score (nSPS) is 20.0. The first-order valence-electron chi connectivity index (χ1n) is 8.47. The van der Waals surface area contributed by atoms with Crippen molar-refractivity contribution in [2.75, 3.05) is 31.6 Å². The number of carbonyl (C=O) groups is 1. The Hall–Kier alpha value is -0.920. The van der Waals surface area contributed by atoms with Gasteiger partial charge in [-0.25, -0.2) is 8.42 Å². The molecule has 5 nitrogen and oxygen atoms in total. The molecule has 0 spiro atoms. The zero-order valence-corrected chi connectivity index (χ0v) is 16.4. The number of hydrogen-bond donors (Lipinski definition) is 0. The van der Waals surface area contributed by atoms with Gasteiger partial charge in [0.1, 0.15) is 0 Å². The minimum atomic E-state index is -3.01. The summed E-state index contributed by atoms with van der Waals surface area (Å²) in [6.45, 7) is 6.06. The quantitative estimate of drug-likeness (QED) is 0.702. The SMILES string of the molecule is CC(C)CCN(C)CC(=O)N(Cc1cccs1)C1CCS(=O)(=O)C1. The fourth-order valence-electron chi connectivity index (χ4n) is 2.89. The standard InChI is InChI=1S/C17H28N2O3S2/c1-14(2)6-8-18(3)12-17(20)19(11-16-5-4-9-23-16)15-7-10-24(21,22)13-15/h4-5,9,14-15H,6-8,10-13H2,1-3H3. The van der Waals surface area contributed by atoms with Crippen LogP contribution in [0.5, 0.6) is 0 Å². The number of hydrogen-bond acceptors (Lipinski definition) is 5. The summed E-state index contributed by atoms with van der Waals surface area (Å²) < 4.78 is 23.6. The van der Waals surface area contributed by atoms with E-state index in [0.717, 1.165) is 17.8 Å². The van der Waals surface area contributed by atoms with Crippen molar-refractivity contribution in [2.24, 2.45) is 5.92 Å². The highest BCUT2D eigenvalue weighted by Gasteiger charge is 2.34. The second-order valence-corrected chi connectivity index (χ2v) is 10.3. The zero-order chi connectivity index (χ0) is 17.7. The molecule has 24 heavy (non-hydrogen) atoms. The molecule has 0 aromatic carbocycles. The topological polar surface area (TPSA) is 57.7 Å². The van der Waals surface area contributed by atoms with Gasteiger partial charge in [-0.3, -0.25) is 9.69 Å². The first kappa shape index (κ1) is 19.4. The first-order valence-corrected chi connectivity index (χ1v) is 11.2. The van der Waals surface area contributed by atoms with Gasteiger partial charge in [0.2, 0.25) is 5.91 Å². The Morgan fingerprint density at radius 2 is 2.17 bits per heavy atom. The van der Waals surface area contributed by atoms with Gasteiger partial charge in [0.05, 0.1) is 24.6 Å². The van der Waals surface area contributed by atoms with Crippen LogP contribution < -0.4 is 0 Å². The third-order valence-electron chi connectivity index (χ3n) is 4.37. The van der Waals surface area contributed by atoms with Gasteiger partial charge in [0, 0.05) is 10.9 Å². The Morgan fingerprint density at radius 1 is 1.42 bits per heavy atom. The predicted octanol–water partition coefficient (Wildman–Crippen LogP) is 2.24. The van der Waals surface area contributed by atoms with E-state index in [1.807, 2.05) is 29.5 Å². The average Bonchev–Trinajstić information content (AvgIpc) is 3.11. The lowest BCUT2D eigenvalue weighted by atomic mass is 10.1. The zero-order valence-electron chi connectivity index (χ0n) is 14.8. The van der Waals surface area contributed by atoms with Gasteiger partial charge in [-0.1, -0.05) is 19.9 Å². The van der Waals surface area contributed by atoms with Crippen LogP contribution in [0.25, 0.3) is 0 Å². The number of thiophene rings is 1. The van der Waals surface area contributed by atoms with Gasteiger partial charge >= 0.3 is 0 Å². The largest absolute Gasteiger partial charge is 0.332 e. The van der Waals surface area contributed by atoms with Crippen LogP contribution in [0.3, 0.4) is 0 Å². The molecule has 1 unspecified atom stereocenters. The molecule has 2 heterocycles. The molecule has 1 aliphatic rings. The first-order chi connectivity index (χ1) is 11.3. The molecular weight excluding hydrogens is 344 g/mol. The fraction of sp³-hybridized carbons (Fsp3) is 0.706. The molecule has 2 rings (SSSR count). The third kappa shape index (κ3) is 5.86. The summed E-state index contributed by atoms with van der Waals surface area (Å²) in [5.41, 5.74) is 0. The van der Waals surface area contributed by atoms with Crippen molar-refractivity contribution < 1.29 is 13.2 Å². The molecule has 0 aliphatic carbocycles. The molecule has 1 atom stereocenters. The average molecular weight is 373 g/mol. The maximum absolute atomic E-state index is 12.8. The molecule has 1 aromatic heterocycles. The predicted molar refractivity (Wildman–Crippen MR) is 98.9 cm³/mol. The fourth-order valence-corrected chi connectivity index (χ4v) is 5.33. The van der Waals surface area contributed by atoms with Crippen molar-refractivity contribution in [3.8, 4) is 0 Å². The Kier molecular flexibility index (Phi) is 6.83. The summed E-state index contributed by atoms with van der Waals surface area (Å²) in [6, 6.07) is 3.77. The summed E-state index contributed by atoms with van der Waals surface area (Å²) in [5, 5.41) is 1.98. The van der Waals surface area contributed by atoms with E-state index in [-0.39, 0.29) is 23.5 Å². The second kappa shape index (κ2) is 8.45. The Bertz CT molecular complexity index is 626.